The van der Waals surface area contributed by atoms with Crippen molar-refractivity contribution >= 4 is 23.4 Å². The average molecular weight is 488 g/mol. The molecule has 1 unspecified atom stereocenters. The van der Waals surface area contributed by atoms with Crippen molar-refractivity contribution in [2.24, 2.45) is 0 Å². The van der Waals surface area contributed by atoms with Crippen LogP contribution in [0.15, 0.2) is 48.5 Å². The summed E-state index contributed by atoms with van der Waals surface area (Å²) in [4.78, 5) is 27.4. The lowest BCUT2D eigenvalue weighted by Crippen LogP contribution is -2.59. The van der Waals surface area contributed by atoms with Crippen molar-refractivity contribution < 1.29 is 31.9 Å². The summed E-state index contributed by atoms with van der Waals surface area (Å²) in [7, 11) is 0. The predicted molar refractivity (Wildman–Crippen MR) is 113 cm³/mol. The molecule has 11 heteroatoms. The molecule has 0 radical (unpaired) electrons. The summed E-state index contributed by atoms with van der Waals surface area (Å²) >= 11 is 5.82. The van der Waals surface area contributed by atoms with Crippen molar-refractivity contribution in [2.75, 3.05) is 32.8 Å². The molecule has 2 amide bonds. The number of carbonyl (C=O) groups is 2. The Balaban J connectivity index is 1.64. The summed E-state index contributed by atoms with van der Waals surface area (Å²) < 4.78 is 56.5. The van der Waals surface area contributed by atoms with E-state index in [1.807, 2.05) is 10.2 Å². The molecule has 0 aromatic heterocycles. The van der Waals surface area contributed by atoms with Crippen LogP contribution < -0.4 is 10.1 Å². The standard InChI is InChI=1S/C22H22ClF4N3O3/c23-16-3-7-19(8-4-16)33-14-20(31)30-10-9-29(12-15-1-5-17(24)6-2-15)13-18(30)11-28-21(32)22(25,26)27/h1-8,18H,9-14H2,(H,28,32). The van der Waals surface area contributed by atoms with Crippen molar-refractivity contribution in [1.82, 2.24) is 15.1 Å². The number of nitrogens with zero attached hydrogens (tertiary/aromatic N) is 2. The molecule has 6 nitrogen and oxygen atoms in total. The maximum Gasteiger partial charge on any atom is 0.471 e. The largest absolute Gasteiger partial charge is 0.484 e. The molecule has 0 saturated carbocycles. The van der Waals surface area contributed by atoms with E-state index in [2.05, 4.69) is 0 Å². The minimum absolute atomic E-state index is 0.224. The number of ether oxygens (including phenoxy) is 1. The van der Waals surface area contributed by atoms with Gasteiger partial charge in [0.1, 0.15) is 11.6 Å². The highest BCUT2D eigenvalue weighted by atomic mass is 35.5. The van der Waals surface area contributed by atoms with Gasteiger partial charge < -0.3 is 15.0 Å². The van der Waals surface area contributed by atoms with Gasteiger partial charge in [0.2, 0.25) is 0 Å². The minimum Gasteiger partial charge on any atom is -0.484 e. The first-order chi connectivity index (χ1) is 15.6. The molecular formula is C22H22ClF4N3O3. The van der Waals surface area contributed by atoms with Crippen LogP contribution in [0.5, 0.6) is 5.75 Å². The lowest BCUT2D eigenvalue weighted by atomic mass is 10.1. The van der Waals surface area contributed by atoms with E-state index in [4.69, 9.17) is 16.3 Å². The van der Waals surface area contributed by atoms with Gasteiger partial charge in [-0.1, -0.05) is 23.7 Å². The fourth-order valence-corrected chi connectivity index (χ4v) is 3.61. The molecule has 1 aliphatic rings. The number of hydrogen-bond acceptors (Lipinski definition) is 4. The first-order valence-corrected chi connectivity index (χ1v) is 10.5. The fourth-order valence-electron chi connectivity index (χ4n) is 3.48. The molecule has 0 bridgehead atoms. The normalized spacial score (nSPS) is 17.0. The molecule has 2 aromatic carbocycles. The number of rotatable bonds is 7. The van der Waals surface area contributed by atoms with Gasteiger partial charge in [-0.15, -0.1) is 0 Å². The number of alkyl halides is 3. The van der Waals surface area contributed by atoms with Crippen LogP contribution >= 0.6 is 11.6 Å². The lowest BCUT2D eigenvalue weighted by molar-refractivity contribution is -0.174. The highest BCUT2D eigenvalue weighted by Gasteiger charge is 2.39. The van der Waals surface area contributed by atoms with Crippen LogP contribution in [-0.2, 0) is 16.1 Å². The zero-order valence-corrected chi connectivity index (χ0v) is 18.2. The van der Waals surface area contributed by atoms with E-state index in [1.165, 1.54) is 17.0 Å². The maximum atomic E-state index is 13.1. The second kappa shape index (κ2) is 10.8. The van der Waals surface area contributed by atoms with Crippen LogP contribution in [0.3, 0.4) is 0 Å². The summed E-state index contributed by atoms with van der Waals surface area (Å²) in [6, 6.07) is 11.6. The molecule has 178 valence electrons. The average Bonchev–Trinajstić information content (AvgIpc) is 2.78. The molecule has 1 saturated heterocycles. The van der Waals surface area contributed by atoms with Crippen LogP contribution in [0.25, 0.3) is 0 Å². The molecule has 1 N–H and O–H groups in total. The van der Waals surface area contributed by atoms with Crippen LogP contribution in [0.4, 0.5) is 17.6 Å². The third-order valence-corrected chi connectivity index (χ3v) is 5.39. The fraction of sp³-hybridized carbons (Fsp3) is 0.364. The van der Waals surface area contributed by atoms with Crippen LogP contribution in [0.2, 0.25) is 5.02 Å². The van der Waals surface area contributed by atoms with Crippen molar-refractivity contribution in [1.29, 1.82) is 0 Å². The molecule has 33 heavy (non-hydrogen) atoms. The number of nitrogens with one attached hydrogen (secondary N) is 1. The molecule has 1 atom stereocenters. The summed E-state index contributed by atoms with van der Waals surface area (Å²) in [5, 5.41) is 2.37. The zero-order valence-electron chi connectivity index (χ0n) is 17.4. The Morgan fingerprint density at radius 1 is 1.06 bits per heavy atom. The first-order valence-electron chi connectivity index (χ1n) is 10.1. The molecule has 3 rings (SSSR count). The molecule has 0 aliphatic carbocycles. The maximum absolute atomic E-state index is 13.1. The van der Waals surface area contributed by atoms with Crippen molar-refractivity contribution in [3.05, 3.63) is 64.9 Å². The van der Waals surface area contributed by atoms with Gasteiger partial charge in [-0.3, -0.25) is 14.5 Å². The Hall–Kier alpha value is -2.85. The molecule has 0 spiro atoms. The minimum atomic E-state index is -5.02. The Bertz CT molecular complexity index is 955. The molecule has 1 aliphatic heterocycles. The van der Waals surface area contributed by atoms with E-state index in [9.17, 15) is 27.2 Å². The lowest BCUT2D eigenvalue weighted by Gasteiger charge is -2.41. The summed E-state index contributed by atoms with van der Waals surface area (Å²) in [5.41, 5.74) is 0.820. The Morgan fingerprint density at radius 3 is 2.36 bits per heavy atom. The molecule has 2 aromatic rings. The highest BCUT2D eigenvalue weighted by molar-refractivity contribution is 6.30. The van der Waals surface area contributed by atoms with E-state index in [-0.39, 0.29) is 32.1 Å². The topological polar surface area (TPSA) is 61.9 Å². The van der Waals surface area contributed by atoms with E-state index < -0.39 is 24.0 Å². The smallest absolute Gasteiger partial charge is 0.471 e. The predicted octanol–water partition coefficient (Wildman–Crippen LogP) is 3.25. The quantitative estimate of drug-likeness (QED) is 0.609. The van der Waals surface area contributed by atoms with Gasteiger partial charge in [0.15, 0.2) is 6.61 Å². The number of piperazine rings is 1. The second-order valence-electron chi connectivity index (χ2n) is 7.55. The van der Waals surface area contributed by atoms with Crippen molar-refractivity contribution in [3.8, 4) is 5.75 Å². The van der Waals surface area contributed by atoms with Gasteiger partial charge in [0, 0.05) is 37.7 Å². The monoisotopic (exact) mass is 487 g/mol. The summed E-state index contributed by atoms with van der Waals surface area (Å²) in [5.74, 6) is -2.44. The van der Waals surface area contributed by atoms with E-state index >= 15 is 0 Å². The van der Waals surface area contributed by atoms with Gasteiger partial charge in [0.05, 0.1) is 6.04 Å². The summed E-state index contributed by atoms with van der Waals surface area (Å²) in [6.07, 6.45) is -5.02. The second-order valence-corrected chi connectivity index (χ2v) is 7.99. The number of amides is 2. The van der Waals surface area contributed by atoms with Crippen LogP contribution in [0.1, 0.15) is 5.56 Å². The van der Waals surface area contributed by atoms with Crippen LogP contribution in [-0.4, -0.2) is 66.6 Å². The third kappa shape index (κ3) is 7.33. The summed E-state index contributed by atoms with van der Waals surface area (Å²) in [6.45, 7) is 0.647. The molecular weight excluding hydrogens is 466 g/mol. The van der Waals surface area contributed by atoms with Gasteiger partial charge >= 0.3 is 12.1 Å². The SMILES string of the molecule is O=C(COc1ccc(Cl)cc1)N1CCN(Cc2ccc(F)cc2)CC1CNC(=O)C(F)(F)F. The van der Waals surface area contributed by atoms with Gasteiger partial charge in [-0.25, -0.2) is 4.39 Å². The number of benzene rings is 2. The molecule has 1 heterocycles. The van der Waals surface area contributed by atoms with E-state index in [1.54, 1.807) is 36.4 Å². The zero-order chi connectivity index (χ0) is 24.0. The van der Waals surface area contributed by atoms with Crippen molar-refractivity contribution in [2.45, 2.75) is 18.8 Å². The van der Waals surface area contributed by atoms with E-state index in [0.29, 0.717) is 23.9 Å². The number of hydrogen-bond donors (Lipinski definition) is 1. The Morgan fingerprint density at radius 2 is 1.73 bits per heavy atom. The van der Waals surface area contributed by atoms with E-state index in [0.717, 1.165) is 5.56 Å². The van der Waals surface area contributed by atoms with Crippen LogP contribution in [0, 0.1) is 5.82 Å². The van der Waals surface area contributed by atoms with Gasteiger partial charge in [-0.05, 0) is 42.0 Å². The number of halogens is 5. The van der Waals surface area contributed by atoms with Gasteiger partial charge in [0.25, 0.3) is 5.91 Å². The highest BCUT2D eigenvalue weighted by Crippen LogP contribution is 2.18. The third-order valence-electron chi connectivity index (χ3n) is 5.14. The Labute approximate surface area is 193 Å². The first kappa shape index (κ1) is 24.8. The Kier molecular flexibility index (Phi) is 8.15. The van der Waals surface area contributed by atoms with Crippen molar-refractivity contribution in [3.63, 3.8) is 0 Å². The van der Waals surface area contributed by atoms with Gasteiger partial charge in [-0.2, -0.15) is 13.2 Å². The molecule has 1 fully saturated rings. The number of carbonyl (C=O) groups excluding carboxylic acids is 2.